The Bertz CT molecular complexity index is 1420. The van der Waals surface area contributed by atoms with Crippen LogP contribution in [-0.4, -0.2) is 40.0 Å². The molecule has 1 atom stereocenters. The Labute approximate surface area is 220 Å². The summed E-state index contributed by atoms with van der Waals surface area (Å²) in [4.78, 5) is 43.4. The highest BCUT2D eigenvalue weighted by atomic mass is 16.5. The number of hydrogen-bond donors (Lipinski definition) is 2. The number of primary amides is 1. The zero-order chi connectivity index (χ0) is 27.6. The van der Waals surface area contributed by atoms with Crippen molar-refractivity contribution in [3.05, 3.63) is 70.3 Å². The Kier molecular flexibility index (Phi) is 7.34. The molecule has 0 aliphatic carbocycles. The quantitative estimate of drug-likeness (QED) is 0.355. The van der Waals surface area contributed by atoms with E-state index in [-0.39, 0.29) is 17.4 Å². The number of nitrogens with one attached hydrogen (secondary N) is 1. The van der Waals surface area contributed by atoms with Gasteiger partial charge in [0.1, 0.15) is 29.5 Å². The zero-order valence-electron chi connectivity index (χ0n) is 22.0. The Hall–Kier alpha value is -4.47. The van der Waals surface area contributed by atoms with Crippen LogP contribution in [0, 0.1) is 20.8 Å². The number of esters is 1. The Balaban J connectivity index is 1.42. The topological polar surface area (TPSA) is 143 Å². The first kappa shape index (κ1) is 26.6. The summed E-state index contributed by atoms with van der Waals surface area (Å²) in [6.07, 6.45) is 4.09. The van der Waals surface area contributed by atoms with E-state index in [0.717, 1.165) is 40.8 Å². The monoisotopic (exact) mass is 518 g/mol. The van der Waals surface area contributed by atoms with Crippen molar-refractivity contribution < 1.29 is 28.6 Å². The minimum atomic E-state index is -0.835. The van der Waals surface area contributed by atoms with Crippen molar-refractivity contribution in [3.8, 4) is 17.2 Å². The number of hydrogen-bond acceptors (Lipinski definition) is 8. The molecule has 0 saturated heterocycles. The smallest absolute Gasteiger partial charge is 0.308 e. The molecule has 1 aliphatic rings. The molecule has 4 rings (SSSR count). The molecular weight excluding hydrogens is 488 g/mol. The number of aromatic nitrogens is 2. The van der Waals surface area contributed by atoms with E-state index in [1.54, 1.807) is 24.3 Å². The van der Waals surface area contributed by atoms with Gasteiger partial charge >= 0.3 is 5.97 Å². The van der Waals surface area contributed by atoms with Crippen LogP contribution in [-0.2, 0) is 11.2 Å². The fourth-order valence-corrected chi connectivity index (χ4v) is 4.43. The lowest BCUT2D eigenvalue weighted by molar-refractivity contribution is -0.132. The molecule has 1 aromatic heterocycles. The second kappa shape index (κ2) is 10.5. The van der Waals surface area contributed by atoms with Crippen molar-refractivity contribution in [1.82, 2.24) is 9.97 Å². The van der Waals surface area contributed by atoms with Gasteiger partial charge in [-0.25, -0.2) is 9.97 Å². The summed E-state index contributed by atoms with van der Waals surface area (Å²) in [6, 6.07) is 6.82. The second-order valence-electron chi connectivity index (χ2n) is 9.54. The number of fused-ring (bicyclic) bond motifs is 1. The minimum Gasteiger partial charge on any atom is -0.489 e. The van der Waals surface area contributed by atoms with E-state index in [9.17, 15) is 14.4 Å². The first-order valence-corrected chi connectivity index (χ1v) is 12.1. The molecule has 10 nitrogen and oxygen atoms in total. The van der Waals surface area contributed by atoms with Crippen LogP contribution >= 0.6 is 0 Å². The van der Waals surface area contributed by atoms with Gasteiger partial charge in [0.15, 0.2) is 11.4 Å². The molecule has 2 aromatic carbocycles. The molecule has 10 heteroatoms. The molecule has 3 aromatic rings. The minimum absolute atomic E-state index is 0.149. The largest absolute Gasteiger partial charge is 0.489 e. The molecule has 3 N–H and O–H groups in total. The average molecular weight is 519 g/mol. The second-order valence-corrected chi connectivity index (χ2v) is 9.54. The number of rotatable bonds is 7. The van der Waals surface area contributed by atoms with Gasteiger partial charge in [0.2, 0.25) is 0 Å². The molecule has 1 aliphatic heterocycles. The van der Waals surface area contributed by atoms with Crippen LogP contribution in [0.3, 0.4) is 0 Å². The molecule has 1 unspecified atom stereocenters. The van der Waals surface area contributed by atoms with Crippen molar-refractivity contribution in [1.29, 1.82) is 0 Å². The van der Waals surface area contributed by atoms with E-state index in [1.807, 2.05) is 27.7 Å². The van der Waals surface area contributed by atoms with Crippen molar-refractivity contribution in [3.63, 3.8) is 0 Å². The number of carbonyl (C=O) groups excluding carboxylic acids is 3. The maximum atomic E-state index is 12.6. The van der Waals surface area contributed by atoms with E-state index in [1.165, 1.54) is 19.3 Å². The van der Waals surface area contributed by atoms with Gasteiger partial charge in [-0.05, 0) is 81.5 Å². The van der Waals surface area contributed by atoms with E-state index in [2.05, 4.69) is 15.3 Å². The van der Waals surface area contributed by atoms with Crippen LogP contribution in [0.15, 0.2) is 36.7 Å². The molecule has 198 valence electrons. The molecule has 0 fully saturated rings. The summed E-state index contributed by atoms with van der Waals surface area (Å²) in [6.45, 7) is 9.55. The fourth-order valence-electron chi connectivity index (χ4n) is 4.43. The van der Waals surface area contributed by atoms with Gasteiger partial charge in [-0.15, -0.1) is 0 Å². The van der Waals surface area contributed by atoms with Gasteiger partial charge in [0.25, 0.3) is 11.8 Å². The predicted molar refractivity (Wildman–Crippen MR) is 140 cm³/mol. The van der Waals surface area contributed by atoms with Crippen molar-refractivity contribution in [2.45, 2.75) is 53.1 Å². The van der Waals surface area contributed by atoms with Gasteiger partial charge in [0, 0.05) is 30.6 Å². The number of nitrogens with zero attached hydrogens (tertiary/aromatic N) is 2. The highest BCUT2D eigenvalue weighted by molar-refractivity contribution is 6.09. The van der Waals surface area contributed by atoms with E-state index < -0.39 is 17.4 Å². The summed E-state index contributed by atoms with van der Waals surface area (Å²) < 4.78 is 18.0. The van der Waals surface area contributed by atoms with Crippen LogP contribution < -0.4 is 25.3 Å². The van der Waals surface area contributed by atoms with Crippen molar-refractivity contribution in [2.75, 3.05) is 11.9 Å². The third-order valence-corrected chi connectivity index (χ3v) is 6.61. The van der Waals surface area contributed by atoms with Crippen molar-refractivity contribution in [2.24, 2.45) is 5.73 Å². The summed E-state index contributed by atoms with van der Waals surface area (Å²) in [5.74, 6) is 0.240. The third-order valence-electron chi connectivity index (χ3n) is 6.61. The highest BCUT2D eigenvalue weighted by Crippen LogP contribution is 2.44. The summed E-state index contributed by atoms with van der Waals surface area (Å²) >= 11 is 0. The molecule has 38 heavy (non-hydrogen) atoms. The summed E-state index contributed by atoms with van der Waals surface area (Å²) in [5, 5.41) is 2.68. The van der Waals surface area contributed by atoms with E-state index in [4.69, 9.17) is 19.9 Å². The first-order chi connectivity index (χ1) is 18.0. The lowest BCUT2D eigenvalue weighted by Gasteiger charge is -2.37. The SMILES string of the molecule is CC(=O)Oc1c(C)c(C)c2c(c1C)CCC(C)(COc1ccc(NC(=O)c3nccnc3C(N)=O)cc1)O2. The fraction of sp³-hybridized carbons (Fsp3) is 0.321. The lowest BCUT2D eigenvalue weighted by atomic mass is 9.87. The van der Waals surface area contributed by atoms with Crippen LogP contribution in [0.1, 0.15) is 63.5 Å². The standard InChI is InChI=1S/C28H30N4O6/c1-15-16(2)25-21(17(3)24(15)37-18(4)33)10-11-28(5,38-25)14-36-20-8-6-19(7-9-20)32-27(35)23-22(26(29)34)30-12-13-31-23/h6-9,12-13H,10-11,14H2,1-5H3,(H2,29,34)(H,32,35). The highest BCUT2D eigenvalue weighted by Gasteiger charge is 2.36. The maximum absolute atomic E-state index is 12.6. The van der Waals surface area contributed by atoms with Crippen LogP contribution in [0.4, 0.5) is 5.69 Å². The van der Waals surface area contributed by atoms with Crippen LogP contribution in [0.2, 0.25) is 0 Å². The number of anilines is 1. The molecule has 2 amide bonds. The number of benzene rings is 2. The maximum Gasteiger partial charge on any atom is 0.308 e. The Morgan fingerprint density at radius 1 is 1.03 bits per heavy atom. The van der Waals surface area contributed by atoms with Crippen LogP contribution in [0.5, 0.6) is 17.2 Å². The molecule has 0 radical (unpaired) electrons. The number of nitrogens with two attached hydrogens (primary N) is 1. The number of amides is 2. The number of carbonyl (C=O) groups is 3. The van der Waals surface area contributed by atoms with Gasteiger partial charge < -0.3 is 25.3 Å². The van der Waals surface area contributed by atoms with E-state index >= 15 is 0 Å². The summed E-state index contributed by atoms with van der Waals surface area (Å²) in [5.41, 5.74) is 8.64. The zero-order valence-corrected chi connectivity index (χ0v) is 22.0. The first-order valence-electron chi connectivity index (χ1n) is 12.1. The Morgan fingerprint density at radius 3 is 2.32 bits per heavy atom. The average Bonchev–Trinajstić information content (AvgIpc) is 2.89. The predicted octanol–water partition coefficient (Wildman–Crippen LogP) is 3.84. The van der Waals surface area contributed by atoms with Gasteiger partial charge in [0.05, 0.1) is 0 Å². The molecule has 0 saturated carbocycles. The van der Waals surface area contributed by atoms with Crippen LogP contribution in [0.25, 0.3) is 0 Å². The molecule has 0 bridgehead atoms. The van der Waals surface area contributed by atoms with Gasteiger partial charge in [-0.3, -0.25) is 14.4 Å². The Morgan fingerprint density at radius 2 is 1.68 bits per heavy atom. The normalized spacial score (nSPS) is 16.1. The molecular formula is C28H30N4O6. The molecule has 2 heterocycles. The lowest BCUT2D eigenvalue weighted by Crippen LogP contribution is -2.42. The van der Waals surface area contributed by atoms with Crippen molar-refractivity contribution >= 4 is 23.5 Å². The summed E-state index contributed by atoms with van der Waals surface area (Å²) in [7, 11) is 0. The van der Waals surface area contributed by atoms with Gasteiger partial charge in [-0.2, -0.15) is 0 Å². The molecule has 0 spiro atoms. The number of ether oxygens (including phenoxy) is 3. The van der Waals surface area contributed by atoms with Gasteiger partial charge in [-0.1, -0.05) is 0 Å². The van der Waals surface area contributed by atoms with E-state index in [0.29, 0.717) is 23.8 Å². The third kappa shape index (κ3) is 5.44.